The highest BCUT2D eigenvalue weighted by Gasteiger charge is 2.83. The lowest BCUT2D eigenvalue weighted by molar-refractivity contribution is -0.170. The second-order valence-corrected chi connectivity index (χ2v) is 16.0. The Morgan fingerprint density at radius 2 is 1.63 bits per heavy atom. The molecule has 0 saturated heterocycles. The third kappa shape index (κ3) is 3.86. The Kier molecular flexibility index (Phi) is 6.86. The van der Waals surface area contributed by atoms with Crippen molar-refractivity contribution in [3.63, 3.8) is 0 Å². The fourth-order valence-corrected chi connectivity index (χ4v) is 11.8. The molecule has 38 heavy (non-hydrogen) atoms. The number of ketones is 2. The second-order valence-electron chi connectivity index (χ2n) is 14.9. The van der Waals surface area contributed by atoms with Crippen molar-refractivity contribution >= 4 is 22.0 Å². The molecule has 0 bridgehead atoms. The molecule has 2 spiro atoms. The van der Waals surface area contributed by atoms with Crippen LogP contribution in [0.15, 0.2) is 0 Å². The maximum Gasteiger partial charge on any atom is 0.397 e. The van der Waals surface area contributed by atoms with Gasteiger partial charge in [-0.1, -0.05) is 34.6 Å². The molecule has 216 valence electrons. The van der Waals surface area contributed by atoms with Crippen molar-refractivity contribution < 1.29 is 31.8 Å². The Morgan fingerprint density at radius 3 is 2.26 bits per heavy atom. The largest absolute Gasteiger partial charge is 0.397 e. The predicted molar refractivity (Wildman–Crippen MR) is 143 cm³/mol. The Bertz CT molecular complexity index is 1100. The van der Waals surface area contributed by atoms with Crippen LogP contribution in [0.1, 0.15) is 105 Å². The van der Waals surface area contributed by atoms with Crippen molar-refractivity contribution in [3.8, 4) is 0 Å². The number of carbonyl (C=O) groups is 2. The van der Waals surface area contributed by atoms with Gasteiger partial charge in [0.05, 0.1) is 18.6 Å². The number of aliphatic hydroxyl groups excluding tert-OH is 1. The maximum atomic E-state index is 13.3. The van der Waals surface area contributed by atoms with Crippen LogP contribution >= 0.6 is 0 Å². The highest BCUT2D eigenvalue weighted by atomic mass is 32.3. The third-order valence-corrected chi connectivity index (χ3v) is 13.6. The molecule has 0 amide bonds. The van der Waals surface area contributed by atoms with Gasteiger partial charge in [-0.05, 0) is 103 Å². The maximum absolute atomic E-state index is 13.3. The molecule has 0 aromatic rings. The van der Waals surface area contributed by atoms with Gasteiger partial charge in [0.2, 0.25) is 0 Å². The van der Waals surface area contributed by atoms with Gasteiger partial charge in [0.15, 0.2) is 0 Å². The lowest BCUT2D eigenvalue weighted by Crippen LogP contribution is -2.60. The standard InChI is InChI=1S/C30H48O7S/c1-19(2)14-21(32)15-20(3)22-8-10-27(5)23-6-7-24-28(17-31,18-37-38(34,35)36)25(33)9-11-29(24)16-30(23,29)13-12-26(22,27)4/h19-20,22-24,31H,6-18H2,1-5H3,(H,34,35,36)/t20-,22-,23-,24+,26-,27+,28+,29+,30-/m1/s1. The molecule has 8 heteroatoms. The van der Waals surface area contributed by atoms with Crippen molar-refractivity contribution in [2.24, 2.45) is 56.7 Å². The first-order chi connectivity index (χ1) is 17.6. The summed E-state index contributed by atoms with van der Waals surface area (Å²) in [7, 11) is -4.71. The van der Waals surface area contributed by atoms with Crippen molar-refractivity contribution in [3.05, 3.63) is 0 Å². The first-order valence-corrected chi connectivity index (χ1v) is 16.2. The van der Waals surface area contributed by atoms with Gasteiger partial charge in [0.25, 0.3) is 0 Å². The molecule has 0 unspecified atom stereocenters. The number of aliphatic hydroxyl groups is 1. The van der Waals surface area contributed by atoms with Gasteiger partial charge in [-0.3, -0.25) is 14.1 Å². The molecule has 2 N–H and O–H groups in total. The van der Waals surface area contributed by atoms with Crippen molar-refractivity contribution in [1.82, 2.24) is 0 Å². The zero-order valence-corrected chi connectivity index (χ0v) is 24.7. The number of fused-ring (bicyclic) bond motifs is 2. The summed E-state index contributed by atoms with van der Waals surface area (Å²) in [6.07, 6.45) is 9.77. The number of rotatable bonds is 9. The summed E-state index contributed by atoms with van der Waals surface area (Å²) in [5, 5.41) is 10.5. The summed E-state index contributed by atoms with van der Waals surface area (Å²) in [5.41, 5.74) is -0.892. The minimum Gasteiger partial charge on any atom is -0.395 e. The van der Waals surface area contributed by atoms with E-state index in [-0.39, 0.29) is 33.4 Å². The Labute approximate surface area is 228 Å². The number of carbonyl (C=O) groups excluding carboxylic acids is 2. The highest BCUT2D eigenvalue weighted by Crippen LogP contribution is 2.88. The Balaban J connectivity index is 1.41. The molecule has 0 aliphatic heterocycles. The fourth-order valence-electron chi connectivity index (χ4n) is 11.4. The van der Waals surface area contributed by atoms with Crippen LogP contribution in [-0.2, 0) is 24.2 Å². The van der Waals surface area contributed by atoms with Crippen molar-refractivity contribution in [1.29, 1.82) is 0 Å². The lowest BCUT2D eigenvalue weighted by atomic mass is 9.41. The normalized spacial score (nSPS) is 46.6. The molecular weight excluding hydrogens is 504 g/mol. The molecule has 9 atom stereocenters. The minimum atomic E-state index is -4.71. The van der Waals surface area contributed by atoms with Gasteiger partial charge < -0.3 is 5.11 Å². The van der Waals surface area contributed by atoms with Crippen LogP contribution in [0.3, 0.4) is 0 Å². The SMILES string of the molecule is CC(C)CC(=O)C[C@@H](C)[C@H]1CC[C@@]2(C)[C@H]3CC[C@H]4[C@](CO)(COS(=O)(=O)O)C(=O)CC[C@]45C[C@]35CC[C@]12C. The fraction of sp³-hybridized carbons (Fsp3) is 0.933. The summed E-state index contributed by atoms with van der Waals surface area (Å²) < 4.78 is 37.0. The molecule has 5 rings (SSSR count). The van der Waals surface area contributed by atoms with Crippen LogP contribution in [0.25, 0.3) is 0 Å². The van der Waals surface area contributed by atoms with Gasteiger partial charge in [0, 0.05) is 19.3 Å². The van der Waals surface area contributed by atoms with Crippen LogP contribution in [0.2, 0.25) is 0 Å². The summed E-state index contributed by atoms with van der Waals surface area (Å²) in [5.74, 6) is 1.95. The molecule has 0 heterocycles. The van der Waals surface area contributed by atoms with Gasteiger partial charge in [-0.15, -0.1) is 0 Å². The average Bonchev–Trinajstić information content (AvgIpc) is 3.40. The summed E-state index contributed by atoms with van der Waals surface area (Å²) in [4.78, 5) is 26.0. The van der Waals surface area contributed by atoms with E-state index in [2.05, 4.69) is 34.6 Å². The Hall–Kier alpha value is -0.830. The van der Waals surface area contributed by atoms with Gasteiger partial charge in [0.1, 0.15) is 11.6 Å². The first-order valence-electron chi connectivity index (χ1n) is 14.9. The van der Waals surface area contributed by atoms with Crippen LogP contribution in [0.5, 0.6) is 0 Å². The number of hydrogen-bond acceptors (Lipinski definition) is 6. The van der Waals surface area contributed by atoms with Gasteiger partial charge in [-0.25, -0.2) is 4.18 Å². The molecule has 5 saturated carbocycles. The van der Waals surface area contributed by atoms with E-state index in [1.807, 2.05) is 0 Å². The molecule has 7 nitrogen and oxygen atoms in total. The first kappa shape index (κ1) is 28.7. The van der Waals surface area contributed by atoms with Gasteiger partial charge >= 0.3 is 10.4 Å². The summed E-state index contributed by atoms with van der Waals surface area (Å²) >= 11 is 0. The van der Waals surface area contributed by atoms with E-state index in [1.165, 1.54) is 6.42 Å². The van der Waals surface area contributed by atoms with Crippen molar-refractivity contribution in [2.45, 2.75) is 105 Å². The van der Waals surface area contributed by atoms with Crippen LogP contribution in [0.4, 0.5) is 0 Å². The van der Waals surface area contributed by atoms with E-state index in [0.29, 0.717) is 48.7 Å². The van der Waals surface area contributed by atoms with Crippen LogP contribution < -0.4 is 0 Å². The lowest BCUT2D eigenvalue weighted by Gasteiger charge is -2.63. The van der Waals surface area contributed by atoms with E-state index in [0.717, 1.165) is 44.9 Å². The monoisotopic (exact) mass is 552 g/mol. The molecular formula is C30H48O7S. The smallest absolute Gasteiger partial charge is 0.395 e. The Morgan fingerprint density at radius 1 is 0.974 bits per heavy atom. The highest BCUT2D eigenvalue weighted by molar-refractivity contribution is 7.80. The average molecular weight is 553 g/mol. The number of hydrogen-bond donors (Lipinski definition) is 2. The minimum absolute atomic E-state index is 0.0730. The summed E-state index contributed by atoms with van der Waals surface area (Å²) in [6, 6.07) is 0. The molecule has 0 aromatic heterocycles. The topological polar surface area (TPSA) is 118 Å². The third-order valence-electron chi connectivity index (χ3n) is 13.2. The molecule has 5 aliphatic carbocycles. The zero-order valence-electron chi connectivity index (χ0n) is 23.9. The van der Waals surface area contributed by atoms with E-state index >= 15 is 0 Å². The van der Waals surface area contributed by atoms with E-state index in [9.17, 15) is 27.7 Å². The molecule has 5 fully saturated rings. The quantitative estimate of drug-likeness (QED) is 0.367. The summed E-state index contributed by atoms with van der Waals surface area (Å²) in [6.45, 7) is 10.6. The van der Waals surface area contributed by atoms with Crippen molar-refractivity contribution in [2.75, 3.05) is 13.2 Å². The van der Waals surface area contributed by atoms with Crippen LogP contribution in [0, 0.1) is 56.7 Å². The molecule has 5 aliphatic rings. The van der Waals surface area contributed by atoms with E-state index < -0.39 is 29.0 Å². The predicted octanol–water partition coefficient (Wildman–Crippen LogP) is 5.41. The van der Waals surface area contributed by atoms with Crippen LogP contribution in [-0.4, -0.2) is 42.9 Å². The molecule has 0 aromatic carbocycles. The molecule has 0 radical (unpaired) electrons. The number of Topliss-reactive ketones (excluding diaryl/α,β-unsaturated/α-hetero) is 2. The second kappa shape index (κ2) is 9.09. The van der Waals surface area contributed by atoms with Gasteiger partial charge in [-0.2, -0.15) is 8.42 Å². The van der Waals surface area contributed by atoms with E-state index in [4.69, 9.17) is 4.18 Å². The zero-order chi connectivity index (χ0) is 27.9. The van der Waals surface area contributed by atoms with E-state index in [1.54, 1.807) is 0 Å².